The molecule has 0 atom stereocenters. The summed E-state index contributed by atoms with van der Waals surface area (Å²) in [6, 6.07) is 2.81. The number of hydrogen-bond donors (Lipinski definition) is 0. The van der Waals surface area contributed by atoms with Crippen LogP contribution in [-0.2, 0) is 0 Å². The van der Waals surface area contributed by atoms with Crippen LogP contribution in [0, 0.1) is 15.9 Å². The zero-order valence-electron chi connectivity index (χ0n) is 7.12. The first-order chi connectivity index (χ1) is 6.93. The summed E-state index contributed by atoms with van der Waals surface area (Å²) in [4.78, 5) is 21.1. The molecule has 80 valence electrons. The fourth-order valence-corrected chi connectivity index (χ4v) is 1.43. The lowest BCUT2D eigenvalue weighted by molar-refractivity contribution is -0.384. The molecule has 0 N–H and O–H groups in total. The van der Waals surface area contributed by atoms with E-state index in [1.807, 2.05) is 0 Å². The number of nitrogens with zero attached hydrogens (tertiary/aromatic N) is 1. The highest BCUT2D eigenvalue weighted by atomic mass is 79.9. The van der Waals surface area contributed by atoms with Crippen molar-refractivity contribution in [2.75, 3.05) is 0 Å². The quantitative estimate of drug-likeness (QED) is 0.368. The molecule has 0 fully saturated rings. The maximum Gasteiger partial charge on any atom is 0.270 e. The van der Waals surface area contributed by atoms with Crippen LogP contribution in [0.5, 0.6) is 0 Å². The normalized spacial score (nSPS) is 10.4. The van der Waals surface area contributed by atoms with Crippen LogP contribution in [0.25, 0.3) is 0 Å². The average molecular weight is 341 g/mol. The Labute approximate surface area is 101 Å². The molecule has 0 aromatic heterocycles. The monoisotopic (exact) mass is 339 g/mol. The molecule has 0 radical (unpaired) electrons. The standard InChI is InChI=1S/C8H4Br2FNO3/c9-8(10)7(13)5-3-4(12(14)15)1-2-6(5)11/h1-3,8H. The van der Waals surface area contributed by atoms with Crippen LogP contribution in [0.4, 0.5) is 10.1 Å². The van der Waals surface area contributed by atoms with Crippen molar-refractivity contribution in [3.63, 3.8) is 0 Å². The van der Waals surface area contributed by atoms with Crippen molar-refractivity contribution in [3.8, 4) is 0 Å². The number of halogens is 3. The van der Waals surface area contributed by atoms with Crippen LogP contribution < -0.4 is 0 Å². The van der Waals surface area contributed by atoms with Gasteiger partial charge in [0.25, 0.3) is 5.69 Å². The van der Waals surface area contributed by atoms with Crippen molar-refractivity contribution < 1.29 is 14.1 Å². The maximum absolute atomic E-state index is 13.2. The predicted molar refractivity (Wildman–Crippen MR) is 59.0 cm³/mol. The van der Waals surface area contributed by atoms with E-state index in [1.165, 1.54) is 0 Å². The minimum absolute atomic E-state index is 0.317. The van der Waals surface area contributed by atoms with Gasteiger partial charge in [0.15, 0.2) is 5.78 Å². The largest absolute Gasteiger partial charge is 0.292 e. The molecule has 0 aliphatic carbocycles. The first-order valence-corrected chi connectivity index (χ1v) is 5.53. The number of carbonyl (C=O) groups is 1. The molecule has 0 unspecified atom stereocenters. The molecule has 1 rings (SSSR count). The lowest BCUT2D eigenvalue weighted by Gasteiger charge is -2.02. The number of hydrogen-bond acceptors (Lipinski definition) is 3. The third-order valence-electron chi connectivity index (χ3n) is 1.62. The van der Waals surface area contributed by atoms with Gasteiger partial charge in [-0.1, -0.05) is 31.9 Å². The fourth-order valence-electron chi connectivity index (χ4n) is 0.933. The van der Waals surface area contributed by atoms with Crippen molar-refractivity contribution in [3.05, 3.63) is 39.7 Å². The summed E-state index contributed by atoms with van der Waals surface area (Å²) < 4.78 is 12.4. The molecular formula is C8H4Br2FNO3. The van der Waals surface area contributed by atoms with Gasteiger partial charge in [-0.25, -0.2) is 4.39 Å². The van der Waals surface area contributed by atoms with Gasteiger partial charge >= 0.3 is 0 Å². The van der Waals surface area contributed by atoms with E-state index in [4.69, 9.17) is 0 Å². The summed E-state index contributed by atoms with van der Waals surface area (Å²) in [5, 5.41) is 10.4. The molecule has 0 aliphatic heterocycles. The minimum atomic E-state index is -0.783. The minimum Gasteiger partial charge on any atom is -0.292 e. The first-order valence-electron chi connectivity index (χ1n) is 3.70. The summed E-state index contributed by atoms with van der Waals surface area (Å²) in [5.74, 6) is -1.38. The van der Waals surface area contributed by atoms with Gasteiger partial charge in [0.1, 0.15) is 9.55 Å². The summed E-state index contributed by atoms with van der Waals surface area (Å²) in [7, 11) is 0. The number of non-ortho nitro benzene ring substituents is 1. The number of ketones is 1. The van der Waals surface area contributed by atoms with E-state index >= 15 is 0 Å². The Balaban J connectivity index is 3.22. The van der Waals surface area contributed by atoms with Crippen molar-refractivity contribution in [2.24, 2.45) is 0 Å². The first kappa shape index (κ1) is 12.3. The van der Waals surface area contributed by atoms with Crippen molar-refractivity contribution in [1.82, 2.24) is 0 Å². The van der Waals surface area contributed by atoms with Crippen LogP contribution in [0.3, 0.4) is 0 Å². The lowest BCUT2D eigenvalue weighted by atomic mass is 10.1. The van der Waals surface area contributed by atoms with E-state index in [-0.39, 0.29) is 11.3 Å². The zero-order chi connectivity index (χ0) is 11.6. The molecule has 0 heterocycles. The summed E-state index contributed by atoms with van der Waals surface area (Å²) in [5.41, 5.74) is -0.636. The zero-order valence-corrected chi connectivity index (χ0v) is 10.3. The average Bonchev–Trinajstić information content (AvgIpc) is 2.16. The number of nitro groups is 1. The Kier molecular flexibility index (Phi) is 3.92. The van der Waals surface area contributed by atoms with E-state index in [9.17, 15) is 19.3 Å². The second kappa shape index (κ2) is 4.80. The second-order valence-corrected chi connectivity index (χ2v) is 5.65. The van der Waals surface area contributed by atoms with E-state index in [0.717, 1.165) is 18.2 Å². The van der Waals surface area contributed by atoms with Crippen LogP contribution in [0.15, 0.2) is 18.2 Å². The Morgan fingerprint density at radius 2 is 2.07 bits per heavy atom. The fraction of sp³-hybridized carbons (Fsp3) is 0.125. The summed E-state index contributed by atoms with van der Waals surface area (Å²) >= 11 is 5.81. The molecular weight excluding hydrogens is 337 g/mol. The highest BCUT2D eigenvalue weighted by molar-refractivity contribution is 9.25. The number of benzene rings is 1. The molecule has 0 bridgehead atoms. The van der Waals surface area contributed by atoms with Crippen molar-refractivity contribution >= 4 is 43.3 Å². The third kappa shape index (κ3) is 2.82. The smallest absolute Gasteiger partial charge is 0.270 e. The van der Waals surface area contributed by atoms with Crippen molar-refractivity contribution in [2.45, 2.75) is 3.74 Å². The van der Waals surface area contributed by atoms with E-state index in [0.29, 0.717) is 0 Å². The van der Waals surface area contributed by atoms with Crippen LogP contribution in [-0.4, -0.2) is 14.4 Å². The molecule has 4 nitrogen and oxygen atoms in total. The topological polar surface area (TPSA) is 60.2 Å². The number of carbonyl (C=O) groups excluding carboxylic acids is 1. The van der Waals surface area contributed by atoms with E-state index in [2.05, 4.69) is 31.9 Å². The van der Waals surface area contributed by atoms with Gasteiger partial charge in [0.05, 0.1) is 10.5 Å². The Bertz CT molecular complexity index is 422. The van der Waals surface area contributed by atoms with Crippen LogP contribution >= 0.6 is 31.9 Å². The highest BCUT2D eigenvalue weighted by Crippen LogP contribution is 2.22. The van der Waals surface area contributed by atoms with Gasteiger partial charge in [-0.3, -0.25) is 14.9 Å². The Hall–Kier alpha value is -0.820. The van der Waals surface area contributed by atoms with E-state index < -0.39 is 20.3 Å². The van der Waals surface area contributed by atoms with Gasteiger partial charge in [-0.05, 0) is 6.07 Å². The van der Waals surface area contributed by atoms with Gasteiger partial charge < -0.3 is 0 Å². The molecule has 1 aromatic rings. The van der Waals surface area contributed by atoms with Crippen LogP contribution in [0.1, 0.15) is 10.4 Å². The molecule has 0 saturated carbocycles. The molecule has 1 aromatic carbocycles. The predicted octanol–water partition coefficient (Wildman–Crippen LogP) is 3.03. The Morgan fingerprint density at radius 1 is 1.47 bits per heavy atom. The number of nitro benzene ring substituents is 1. The lowest BCUT2D eigenvalue weighted by Crippen LogP contribution is -2.10. The van der Waals surface area contributed by atoms with Crippen LogP contribution in [0.2, 0.25) is 0 Å². The van der Waals surface area contributed by atoms with Gasteiger partial charge in [0.2, 0.25) is 0 Å². The third-order valence-corrected chi connectivity index (χ3v) is 2.46. The van der Waals surface area contributed by atoms with Gasteiger partial charge in [-0.2, -0.15) is 0 Å². The number of rotatable bonds is 3. The van der Waals surface area contributed by atoms with Crippen molar-refractivity contribution in [1.29, 1.82) is 0 Å². The summed E-state index contributed by atoms with van der Waals surface area (Å²) in [6.45, 7) is 0. The molecule has 0 amide bonds. The maximum atomic E-state index is 13.2. The van der Waals surface area contributed by atoms with Gasteiger partial charge in [0, 0.05) is 12.1 Å². The Morgan fingerprint density at radius 3 is 2.53 bits per heavy atom. The number of alkyl halides is 2. The second-order valence-electron chi connectivity index (χ2n) is 2.59. The van der Waals surface area contributed by atoms with Gasteiger partial charge in [-0.15, -0.1) is 0 Å². The molecule has 0 saturated heterocycles. The summed E-state index contributed by atoms with van der Waals surface area (Å²) in [6.07, 6.45) is 0. The SMILES string of the molecule is O=C(c1cc([N+](=O)[O-])ccc1F)C(Br)Br. The number of Topliss-reactive ketones (excluding diaryl/α,β-unsaturated/α-hetero) is 1. The molecule has 7 heteroatoms. The molecule has 0 spiro atoms. The highest BCUT2D eigenvalue weighted by Gasteiger charge is 2.20. The molecule has 15 heavy (non-hydrogen) atoms. The van der Waals surface area contributed by atoms with E-state index in [1.54, 1.807) is 0 Å². The molecule has 0 aliphatic rings.